The van der Waals surface area contributed by atoms with Crippen LogP contribution < -0.4 is 15.4 Å². The first-order chi connectivity index (χ1) is 16.6. The van der Waals surface area contributed by atoms with Crippen LogP contribution in [0.4, 0.5) is 21.9 Å². The molecule has 176 valence electrons. The highest BCUT2D eigenvalue weighted by Gasteiger charge is 2.28. The molecule has 2 N–H and O–H groups in total. The van der Waals surface area contributed by atoms with Crippen molar-refractivity contribution in [2.24, 2.45) is 7.05 Å². The summed E-state index contributed by atoms with van der Waals surface area (Å²) in [4.78, 5) is 40.2. The van der Waals surface area contributed by atoms with Crippen LogP contribution in [0.15, 0.2) is 37.1 Å². The van der Waals surface area contributed by atoms with Gasteiger partial charge in [-0.15, -0.1) is 0 Å². The molecule has 0 spiro atoms. The maximum Gasteiger partial charge on any atom is 0.418 e. The standard InChI is InChI=1S/C23H26N8O3/c1-30-13-19(20(29-30)22(32)31-9-3-2-4-10-31)28-23(33)34-21-18(26-16-11-24-14-25-12-16)8-7-17(27-21)15-5-6-15/h7-8,11-15,26H,2-6,9-10H2,1H3,(H,28,33). The number of ether oxygens (including phenoxy) is 1. The van der Waals surface area contributed by atoms with Crippen LogP contribution >= 0.6 is 0 Å². The number of anilines is 3. The number of likely N-dealkylation sites (tertiary alicyclic amines) is 1. The quantitative estimate of drug-likeness (QED) is 0.570. The molecule has 34 heavy (non-hydrogen) atoms. The number of piperidine rings is 1. The average molecular weight is 463 g/mol. The van der Waals surface area contributed by atoms with Crippen LogP contribution in [0.5, 0.6) is 5.88 Å². The molecule has 1 aliphatic heterocycles. The number of hydrogen-bond acceptors (Lipinski definition) is 8. The number of rotatable bonds is 6. The minimum absolute atomic E-state index is 0.138. The maximum atomic E-state index is 13.0. The van der Waals surface area contributed by atoms with Gasteiger partial charge in [0.2, 0.25) is 5.88 Å². The van der Waals surface area contributed by atoms with Gasteiger partial charge in [0, 0.05) is 37.9 Å². The number of pyridine rings is 1. The summed E-state index contributed by atoms with van der Waals surface area (Å²) in [6, 6.07) is 3.75. The van der Waals surface area contributed by atoms with E-state index in [0.717, 1.165) is 37.8 Å². The zero-order valence-electron chi connectivity index (χ0n) is 18.9. The van der Waals surface area contributed by atoms with Crippen LogP contribution in [-0.2, 0) is 7.05 Å². The van der Waals surface area contributed by atoms with Gasteiger partial charge < -0.3 is 15.0 Å². The highest BCUT2D eigenvalue weighted by Crippen LogP contribution is 2.41. The van der Waals surface area contributed by atoms with Gasteiger partial charge >= 0.3 is 6.09 Å². The third-order valence-corrected chi connectivity index (χ3v) is 5.82. The molecule has 2 fully saturated rings. The molecule has 2 aliphatic rings. The lowest BCUT2D eigenvalue weighted by atomic mass is 10.1. The van der Waals surface area contributed by atoms with Crippen LogP contribution in [0.1, 0.15) is 54.2 Å². The molecule has 0 bridgehead atoms. The lowest BCUT2D eigenvalue weighted by molar-refractivity contribution is 0.0718. The molecule has 0 unspecified atom stereocenters. The van der Waals surface area contributed by atoms with Gasteiger partial charge in [-0.3, -0.25) is 14.8 Å². The molecule has 11 heteroatoms. The van der Waals surface area contributed by atoms with Crippen molar-refractivity contribution >= 4 is 29.1 Å². The number of carbonyl (C=O) groups excluding carboxylic acids is 2. The van der Waals surface area contributed by atoms with Gasteiger partial charge in [-0.2, -0.15) is 5.10 Å². The van der Waals surface area contributed by atoms with Crippen LogP contribution in [-0.4, -0.2) is 54.7 Å². The maximum absolute atomic E-state index is 13.0. The Bertz CT molecular complexity index is 1190. The summed E-state index contributed by atoms with van der Waals surface area (Å²) in [5.41, 5.74) is 2.51. The van der Waals surface area contributed by atoms with E-state index >= 15 is 0 Å². The third-order valence-electron chi connectivity index (χ3n) is 5.82. The highest BCUT2D eigenvalue weighted by molar-refractivity contribution is 6.01. The van der Waals surface area contributed by atoms with Crippen LogP contribution in [0.25, 0.3) is 0 Å². The predicted octanol–water partition coefficient (Wildman–Crippen LogP) is 3.46. The number of hydrogen-bond donors (Lipinski definition) is 2. The van der Waals surface area contributed by atoms with Gasteiger partial charge in [0.15, 0.2) is 5.69 Å². The van der Waals surface area contributed by atoms with Gasteiger partial charge in [0.25, 0.3) is 5.91 Å². The van der Waals surface area contributed by atoms with E-state index in [0.29, 0.717) is 36.1 Å². The van der Waals surface area contributed by atoms with Crippen LogP contribution in [0, 0.1) is 0 Å². The highest BCUT2D eigenvalue weighted by atomic mass is 16.6. The molecule has 3 aromatic rings. The van der Waals surface area contributed by atoms with E-state index < -0.39 is 6.09 Å². The van der Waals surface area contributed by atoms with E-state index in [1.54, 1.807) is 30.5 Å². The normalized spacial score (nSPS) is 15.6. The molecule has 1 aliphatic carbocycles. The lowest BCUT2D eigenvalue weighted by Gasteiger charge is -2.26. The number of amides is 2. The van der Waals surface area contributed by atoms with E-state index in [-0.39, 0.29) is 17.5 Å². The molecule has 3 aromatic heterocycles. The topological polar surface area (TPSA) is 127 Å². The monoisotopic (exact) mass is 462 g/mol. The van der Waals surface area contributed by atoms with Crippen LogP contribution in [0.2, 0.25) is 0 Å². The molecule has 1 saturated carbocycles. The summed E-state index contributed by atoms with van der Waals surface area (Å²) >= 11 is 0. The third kappa shape index (κ3) is 4.98. The van der Waals surface area contributed by atoms with Crippen molar-refractivity contribution < 1.29 is 14.3 Å². The second kappa shape index (κ2) is 9.46. The molecule has 2 amide bonds. The fraction of sp³-hybridized carbons (Fsp3) is 0.391. The predicted molar refractivity (Wildman–Crippen MR) is 124 cm³/mol. The van der Waals surface area contributed by atoms with Gasteiger partial charge in [0.05, 0.1) is 23.8 Å². The molecule has 5 rings (SSSR count). The number of nitrogens with zero attached hydrogens (tertiary/aromatic N) is 6. The molecule has 0 radical (unpaired) electrons. The van der Waals surface area contributed by atoms with E-state index in [2.05, 4.69) is 30.7 Å². The Morgan fingerprint density at radius 3 is 2.56 bits per heavy atom. The van der Waals surface area contributed by atoms with Crippen molar-refractivity contribution in [3.05, 3.63) is 48.4 Å². The Morgan fingerprint density at radius 2 is 1.82 bits per heavy atom. The largest absolute Gasteiger partial charge is 0.418 e. The summed E-state index contributed by atoms with van der Waals surface area (Å²) in [6.07, 6.45) is 10.7. The minimum atomic E-state index is -0.756. The molecule has 0 atom stereocenters. The molecule has 0 aromatic carbocycles. The number of nitrogens with one attached hydrogen (secondary N) is 2. The zero-order valence-corrected chi connectivity index (χ0v) is 18.9. The second-order valence-corrected chi connectivity index (χ2v) is 8.55. The van der Waals surface area contributed by atoms with E-state index in [9.17, 15) is 9.59 Å². The molecule has 1 saturated heterocycles. The van der Waals surface area contributed by atoms with Gasteiger partial charge in [-0.25, -0.2) is 19.7 Å². The van der Waals surface area contributed by atoms with Crippen molar-refractivity contribution in [1.29, 1.82) is 0 Å². The van der Waals surface area contributed by atoms with Crippen molar-refractivity contribution in [1.82, 2.24) is 29.6 Å². The fourth-order valence-electron chi connectivity index (χ4n) is 3.96. The second-order valence-electron chi connectivity index (χ2n) is 8.55. The molecule has 4 heterocycles. The summed E-state index contributed by atoms with van der Waals surface area (Å²) in [7, 11) is 1.70. The molecule has 11 nitrogen and oxygen atoms in total. The molecular weight excluding hydrogens is 436 g/mol. The number of carbonyl (C=O) groups is 2. The van der Waals surface area contributed by atoms with Crippen molar-refractivity contribution in [2.75, 3.05) is 23.7 Å². The van der Waals surface area contributed by atoms with E-state index in [1.165, 1.54) is 11.0 Å². The Labute approximate surface area is 196 Å². The first-order valence-corrected chi connectivity index (χ1v) is 11.4. The fourth-order valence-corrected chi connectivity index (χ4v) is 3.96. The minimum Gasteiger partial charge on any atom is -0.389 e. The summed E-state index contributed by atoms with van der Waals surface area (Å²) in [6.45, 7) is 1.38. The lowest BCUT2D eigenvalue weighted by Crippen LogP contribution is -2.36. The van der Waals surface area contributed by atoms with Gasteiger partial charge in [-0.05, 0) is 44.2 Å². The first kappa shape index (κ1) is 21.8. The Morgan fingerprint density at radius 1 is 1.06 bits per heavy atom. The first-order valence-electron chi connectivity index (χ1n) is 11.4. The van der Waals surface area contributed by atoms with Crippen molar-refractivity contribution in [2.45, 2.75) is 38.0 Å². The van der Waals surface area contributed by atoms with Crippen LogP contribution in [0.3, 0.4) is 0 Å². The Kier molecular flexibility index (Phi) is 6.07. The molecular formula is C23H26N8O3. The number of aromatic nitrogens is 5. The smallest absolute Gasteiger partial charge is 0.389 e. The van der Waals surface area contributed by atoms with E-state index in [1.807, 2.05) is 12.1 Å². The summed E-state index contributed by atoms with van der Waals surface area (Å²) < 4.78 is 7.10. The Balaban J connectivity index is 1.34. The van der Waals surface area contributed by atoms with E-state index in [4.69, 9.17) is 4.74 Å². The van der Waals surface area contributed by atoms with Crippen molar-refractivity contribution in [3.63, 3.8) is 0 Å². The summed E-state index contributed by atoms with van der Waals surface area (Å²) in [5, 5.41) is 10.1. The van der Waals surface area contributed by atoms with Crippen molar-refractivity contribution in [3.8, 4) is 5.88 Å². The Hall–Kier alpha value is -4.02. The van der Waals surface area contributed by atoms with Gasteiger partial charge in [0.1, 0.15) is 12.0 Å². The summed E-state index contributed by atoms with van der Waals surface area (Å²) in [5.74, 6) is 0.320. The SMILES string of the molecule is Cn1cc(NC(=O)Oc2nc(C3CC3)ccc2Nc2cncnc2)c(C(=O)N2CCCCC2)n1. The number of aryl methyl sites for hydroxylation is 1. The zero-order chi connectivity index (χ0) is 23.5. The van der Waals surface area contributed by atoms with Gasteiger partial charge in [-0.1, -0.05) is 0 Å². The average Bonchev–Trinajstić information content (AvgIpc) is 3.64.